The van der Waals surface area contributed by atoms with Gasteiger partial charge in [0.1, 0.15) is 6.04 Å². The number of piperidine rings is 1. The van der Waals surface area contributed by atoms with Crippen LogP contribution in [0.5, 0.6) is 0 Å². The van der Waals surface area contributed by atoms with E-state index < -0.39 is 6.04 Å². The van der Waals surface area contributed by atoms with Crippen LogP contribution in [0.3, 0.4) is 0 Å². The molecule has 8 heteroatoms. The molecule has 4 amide bonds. The Labute approximate surface area is 156 Å². The lowest BCUT2D eigenvalue weighted by Gasteiger charge is -2.34. The van der Waals surface area contributed by atoms with Crippen molar-refractivity contribution in [1.29, 1.82) is 0 Å². The van der Waals surface area contributed by atoms with Crippen molar-refractivity contribution >= 4 is 29.2 Å². The standard InChI is InChI=1S/C19H22N4O4/c1-20-19(26)22-14-9-7-13(8-10-14)21-17(24)15-5-2-3-11-23(15)18(25)16-6-4-12-27-16/h4,6-10,12,15H,2-3,5,11H2,1H3,(H,21,24)(H2,20,22,26). The van der Waals surface area contributed by atoms with Crippen LogP contribution in [0.1, 0.15) is 29.8 Å². The van der Waals surface area contributed by atoms with Gasteiger partial charge >= 0.3 is 6.03 Å². The Balaban J connectivity index is 1.66. The van der Waals surface area contributed by atoms with E-state index in [0.717, 1.165) is 12.8 Å². The SMILES string of the molecule is CNC(=O)Nc1ccc(NC(=O)C2CCCCN2C(=O)c2ccco2)cc1. The zero-order valence-corrected chi connectivity index (χ0v) is 15.0. The van der Waals surface area contributed by atoms with Crippen molar-refractivity contribution in [2.24, 2.45) is 0 Å². The minimum absolute atomic E-state index is 0.235. The summed E-state index contributed by atoms with van der Waals surface area (Å²) >= 11 is 0. The lowest BCUT2D eigenvalue weighted by atomic mass is 10.0. The molecule has 3 N–H and O–H groups in total. The molecule has 1 aromatic heterocycles. The molecule has 0 saturated carbocycles. The molecule has 0 bridgehead atoms. The second kappa shape index (κ2) is 8.39. The number of nitrogens with zero attached hydrogens (tertiary/aromatic N) is 1. The van der Waals surface area contributed by atoms with Crippen molar-refractivity contribution in [2.75, 3.05) is 24.2 Å². The highest BCUT2D eigenvalue weighted by Crippen LogP contribution is 2.22. The van der Waals surface area contributed by atoms with Gasteiger partial charge in [0.15, 0.2) is 5.76 Å². The number of hydrogen-bond donors (Lipinski definition) is 3. The molecular weight excluding hydrogens is 348 g/mol. The van der Waals surface area contributed by atoms with Crippen LogP contribution in [0.15, 0.2) is 47.1 Å². The predicted octanol–water partition coefficient (Wildman–Crippen LogP) is 2.66. The van der Waals surface area contributed by atoms with Gasteiger partial charge in [0.25, 0.3) is 5.91 Å². The van der Waals surface area contributed by atoms with Crippen molar-refractivity contribution in [1.82, 2.24) is 10.2 Å². The average Bonchev–Trinajstić information content (AvgIpc) is 3.23. The summed E-state index contributed by atoms with van der Waals surface area (Å²) in [6.07, 6.45) is 3.79. The Morgan fingerprint density at radius 3 is 2.37 bits per heavy atom. The normalized spacial score (nSPS) is 16.5. The van der Waals surface area contributed by atoms with Crippen LogP contribution >= 0.6 is 0 Å². The first-order chi connectivity index (χ1) is 13.1. The Bertz CT molecular complexity index is 802. The molecule has 8 nitrogen and oxygen atoms in total. The maximum atomic E-state index is 12.7. The van der Waals surface area contributed by atoms with Gasteiger partial charge in [0.2, 0.25) is 5.91 Å². The summed E-state index contributed by atoms with van der Waals surface area (Å²) in [7, 11) is 1.53. The number of furan rings is 1. The number of carbonyl (C=O) groups excluding carboxylic acids is 3. The van der Waals surface area contributed by atoms with E-state index in [4.69, 9.17) is 4.42 Å². The molecular formula is C19H22N4O4. The third-order valence-electron chi connectivity index (χ3n) is 4.44. The summed E-state index contributed by atoms with van der Waals surface area (Å²) in [6.45, 7) is 0.520. The number of hydrogen-bond acceptors (Lipinski definition) is 4. The van der Waals surface area contributed by atoms with Gasteiger partial charge in [0.05, 0.1) is 6.26 Å². The zero-order chi connectivity index (χ0) is 19.2. The molecule has 1 aromatic carbocycles. The van der Waals surface area contributed by atoms with Gasteiger partial charge in [-0.3, -0.25) is 9.59 Å². The smallest absolute Gasteiger partial charge is 0.318 e. The van der Waals surface area contributed by atoms with Crippen molar-refractivity contribution in [3.05, 3.63) is 48.4 Å². The Morgan fingerprint density at radius 1 is 1.04 bits per heavy atom. The number of urea groups is 1. The van der Waals surface area contributed by atoms with E-state index in [9.17, 15) is 14.4 Å². The first kappa shape index (κ1) is 18.5. The van der Waals surface area contributed by atoms with E-state index in [0.29, 0.717) is 24.3 Å². The Kier molecular flexibility index (Phi) is 5.75. The van der Waals surface area contributed by atoms with E-state index in [-0.39, 0.29) is 23.6 Å². The molecule has 0 spiro atoms. The number of benzene rings is 1. The fourth-order valence-electron chi connectivity index (χ4n) is 3.05. The predicted molar refractivity (Wildman–Crippen MR) is 101 cm³/mol. The van der Waals surface area contributed by atoms with Crippen LogP contribution in [0.2, 0.25) is 0 Å². The van der Waals surface area contributed by atoms with Crippen molar-refractivity contribution in [3.63, 3.8) is 0 Å². The van der Waals surface area contributed by atoms with E-state index in [2.05, 4.69) is 16.0 Å². The number of amides is 4. The van der Waals surface area contributed by atoms with Crippen LogP contribution in [0.25, 0.3) is 0 Å². The van der Waals surface area contributed by atoms with E-state index in [1.807, 2.05) is 0 Å². The van der Waals surface area contributed by atoms with Crippen molar-refractivity contribution in [2.45, 2.75) is 25.3 Å². The zero-order valence-electron chi connectivity index (χ0n) is 15.0. The van der Waals surface area contributed by atoms with Crippen LogP contribution < -0.4 is 16.0 Å². The summed E-state index contributed by atoms with van der Waals surface area (Å²) in [4.78, 5) is 38.2. The number of nitrogens with one attached hydrogen (secondary N) is 3. The molecule has 1 aliphatic rings. The van der Waals surface area contributed by atoms with Gasteiger partial charge < -0.3 is 25.3 Å². The highest BCUT2D eigenvalue weighted by molar-refractivity contribution is 6.00. The molecule has 1 atom stereocenters. The minimum atomic E-state index is -0.542. The maximum absolute atomic E-state index is 12.7. The first-order valence-corrected chi connectivity index (χ1v) is 8.82. The van der Waals surface area contributed by atoms with Crippen molar-refractivity contribution in [3.8, 4) is 0 Å². The molecule has 142 valence electrons. The van der Waals surface area contributed by atoms with Crippen LogP contribution in [0.4, 0.5) is 16.2 Å². The average molecular weight is 370 g/mol. The lowest BCUT2D eigenvalue weighted by molar-refractivity contribution is -0.121. The summed E-state index contributed by atoms with van der Waals surface area (Å²) in [5.74, 6) is -0.272. The first-order valence-electron chi connectivity index (χ1n) is 8.82. The van der Waals surface area contributed by atoms with Crippen LogP contribution in [-0.4, -0.2) is 42.4 Å². The van der Waals surface area contributed by atoms with Gasteiger partial charge in [-0.05, 0) is 55.7 Å². The summed E-state index contributed by atoms with van der Waals surface area (Å²) in [5, 5.41) is 7.96. The molecule has 3 rings (SSSR count). The highest BCUT2D eigenvalue weighted by atomic mass is 16.3. The summed E-state index contributed by atoms with van der Waals surface area (Å²) in [6, 6.07) is 9.18. The molecule has 2 aromatic rings. The van der Waals surface area contributed by atoms with E-state index in [1.54, 1.807) is 41.3 Å². The van der Waals surface area contributed by atoms with Gasteiger partial charge in [-0.2, -0.15) is 0 Å². The second-order valence-electron chi connectivity index (χ2n) is 6.26. The molecule has 1 aliphatic heterocycles. The Morgan fingerprint density at radius 2 is 1.74 bits per heavy atom. The molecule has 1 saturated heterocycles. The lowest BCUT2D eigenvalue weighted by Crippen LogP contribution is -2.49. The van der Waals surface area contributed by atoms with Gasteiger partial charge in [-0.25, -0.2) is 4.79 Å². The van der Waals surface area contributed by atoms with Crippen LogP contribution in [-0.2, 0) is 4.79 Å². The van der Waals surface area contributed by atoms with Gasteiger partial charge in [-0.1, -0.05) is 0 Å². The number of rotatable bonds is 4. The third-order valence-corrected chi connectivity index (χ3v) is 4.44. The fourth-order valence-corrected chi connectivity index (χ4v) is 3.05. The number of carbonyl (C=O) groups is 3. The number of likely N-dealkylation sites (tertiary alicyclic amines) is 1. The van der Waals surface area contributed by atoms with E-state index >= 15 is 0 Å². The topological polar surface area (TPSA) is 104 Å². The Hall–Kier alpha value is -3.29. The summed E-state index contributed by atoms with van der Waals surface area (Å²) in [5.41, 5.74) is 1.21. The highest BCUT2D eigenvalue weighted by Gasteiger charge is 2.33. The fraction of sp³-hybridized carbons (Fsp3) is 0.316. The quantitative estimate of drug-likeness (QED) is 0.770. The molecule has 1 unspecified atom stereocenters. The molecule has 27 heavy (non-hydrogen) atoms. The van der Waals surface area contributed by atoms with Gasteiger partial charge in [-0.15, -0.1) is 0 Å². The van der Waals surface area contributed by atoms with Crippen LogP contribution in [0, 0.1) is 0 Å². The molecule has 1 fully saturated rings. The van der Waals surface area contributed by atoms with E-state index in [1.165, 1.54) is 13.3 Å². The molecule has 0 radical (unpaired) electrons. The minimum Gasteiger partial charge on any atom is -0.459 e. The maximum Gasteiger partial charge on any atom is 0.318 e. The summed E-state index contributed by atoms with van der Waals surface area (Å²) < 4.78 is 5.19. The molecule has 2 heterocycles. The largest absolute Gasteiger partial charge is 0.459 e. The second-order valence-corrected chi connectivity index (χ2v) is 6.26. The monoisotopic (exact) mass is 370 g/mol. The van der Waals surface area contributed by atoms with Crippen molar-refractivity contribution < 1.29 is 18.8 Å². The number of anilines is 2. The van der Waals surface area contributed by atoms with Gasteiger partial charge in [0, 0.05) is 25.0 Å². The third kappa shape index (κ3) is 4.46. The molecule has 0 aliphatic carbocycles.